The molecule has 0 radical (unpaired) electrons. The first kappa shape index (κ1) is 14.3. The average Bonchev–Trinajstić information content (AvgIpc) is 2.61. The Morgan fingerprint density at radius 1 is 1.50 bits per heavy atom. The lowest BCUT2D eigenvalue weighted by molar-refractivity contribution is -0.116. The second-order valence-electron chi connectivity index (χ2n) is 4.76. The maximum absolute atomic E-state index is 14.8. The predicted molar refractivity (Wildman–Crippen MR) is 65.0 cm³/mol. The molecule has 108 valence electrons. The molecule has 20 heavy (non-hydrogen) atoms. The van der Waals surface area contributed by atoms with Crippen LogP contribution in [-0.4, -0.2) is 33.9 Å². The second-order valence-corrected chi connectivity index (χ2v) is 4.76. The lowest BCUT2D eigenvalue weighted by Crippen LogP contribution is -2.41. The number of alkyl halides is 1. The lowest BCUT2D eigenvalue weighted by atomic mass is 9.88. The maximum Gasteiger partial charge on any atom is 0.330 e. The largest absolute Gasteiger partial charge is 0.350 e. The van der Waals surface area contributed by atoms with Crippen LogP contribution in [0.4, 0.5) is 4.39 Å². The third-order valence-corrected chi connectivity index (χ3v) is 3.42. The summed E-state index contributed by atoms with van der Waals surface area (Å²) in [6, 6.07) is 1.05. The summed E-state index contributed by atoms with van der Waals surface area (Å²) >= 11 is 0. The van der Waals surface area contributed by atoms with Crippen LogP contribution < -0.4 is 11.2 Å². The molecule has 0 aromatic carbocycles. The number of aldehydes is 2. The molecular formula is C12H13FN2O5. The molecule has 0 spiro atoms. The van der Waals surface area contributed by atoms with Gasteiger partial charge in [0.1, 0.15) is 12.6 Å². The Morgan fingerprint density at radius 3 is 2.75 bits per heavy atom. The molecule has 2 heterocycles. The van der Waals surface area contributed by atoms with Crippen molar-refractivity contribution in [2.75, 3.05) is 0 Å². The lowest BCUT2D eigenvalue weighted by Gasteiger charge is -2.24. The Kier molecular flexibility index (Phi) is 3.67. The topological polar surface area (TPSA) is 98.2 Å². The predicted octanol–water partition coefficient (Wildman–Crippen LogP) is -0.434. The smallest absolute Gasteiger partial charge is 0.330 e. The number of H-pyrrole nitrogens is 1. The van der Waals surface area contributed by atoms with Crippen molar-refractivity contribution in [2.45, 2.75) is 31.3 Å². The van der Waals surface area contributed by atoms with Crippen LogP contribution in [0.2, 0.25) is 0 Å². The van der Waals surface area contributed by atoms with E-state index in [0.717, 1.165) is 23.8 Å². The third-order valence-electron chi connectivity index (χ3n) is 3.42. The van der Waals surface area contributed by atoms with Crippen molar-refractivity contribution in [3.63, 3.8) is 0 Å². The summed E-state index contributed by atoms with van der Waals surface area (Å²) in [6.07, 6.45) is -0.484. The summed E-state index contributed by atoms with van der Waals surface area (Å²) in [7, 11) is 0. The van der Waals surface area contributed by atoms with Gasteiger partial charge in [0.15, 0.2) is 11.9 Å². The molecule has 0 saturated carbocycles. The molecule has 8 heteroatoms. The summed E-state index contributed by atoms with van der Waals surface area (Å²) in [5.41, 5.74) is -3.64. The van der Waals surface area contributed by atoms with Gasteiger partial charge in [-0.15, -0.1) is 0 Å². The van der Waals surface area contributed by atoms with E-state index < -0.39 is 35.2 Å². The second kappa shape index (κ2) is 5.12. The number of nitrogens with one attached hydrogen (secondary N) is 1. The number of carbonyl (C=O) groups excluding carboxylic acids is 2. The molecule has 1 aromatic rings. The number of nitrogens with zero attached hydrogens (tertiary/aromatic N) is 1. The van der Waals surface area contributed by atoms with Gasteiger partial charge in [-0.1, -0.05) is 0 Å². The van der Waals surface area contributed by atoms with Crippen molar-refractivity contribution in [2.24, 2.45) is 5.92 Å². The quantitative estimate of drug-likeness (QED) is 0.756. The fourth-order valence-electron chi connectivity index (χ4n) is 2.38. The number of aromatic nitrogens is 2. The Morgan fingerprint density at radius 2 is 2.20 bits per heavy atom. The van der Waals surface area contributed by atoms with E-state index in [1.54, 1.807) is 0 Å². The van der Waals surface area contributed by atoms with Gasteiger partial charge in [-0.05, 0) is 6.92 Å². The van der Waals surface area contributed by atoms with Gasteiger partial charge >= 0.3 is 5.69 Å². The molecule has 0 unspecified atom stereocenters. The minimum absolute atomic E-state index is 0.155. The van der Waals surface area contributed by atoms with Crippen LogP contribution in [0.1, 0.15) is 19.6 Å². The molecule has 1 aromatic heterocycles. The molecule has 0 aliphatic carbocycles. The number of ether oxygens (including phenoxy) is 1. The molecule has 1 aliphatic heterocycles. The normalized spacial score (nSPS) is 33.0. The molecule has 4 atom stereocenters. The van der Waals surface area contributed by atoms with E-state index in [9.17, 15) is 23.6 Å². The SMILES string of the molecule is C[C@@]1(F)[C@H](C=O)[C@@H](CC=O)O[C@H]1n1ccc(=O)[nH]c1=O. The Labute approximate surface area is 112 Å². The maximum atomic E-state index is 14.8. The fourth-order valence-corrected chi connectivity index (χ4v) is 2.38. The van der Waals surface area contributed by atoms with E-state index in [1.165, 1.54) is 0 Å². The number of carbonyl (C=O) groups is 2. The van der Waals surface area contributed by atoms with Crippen molar-refractivity contribution in [3.8, 4) is 0 Å². The molecule has 0 bridgehead atoms. The summed E-state index contributed by atoms with van der Waals surface area (Å²) in [6.45, 7) is 1.12. The van der Waals surface area contributed by atoms with Crippen LogP contribution in [0.15, 0.2) is 21.9 Å². The van der Waals surface area contributed by atoms with Gasteiger partial charge in [0.25, 0.3) is 5.56 Å². The molecule has 1 saturated heterocycles. The van der Waals surface area contributed by atoms with E-state index in [1.807, 2.05) is 4.98 Å². The van der Waals surface area contributed by atoms with Crippen molar-refractivity contribution in [3.05, 3.63) is 33.1 Å². The fraction of sp³-hybridized carbons (Fsp3) is 0.500. The van der Waals surface area contributed by atoms with Gasteiger partial charge in [-0.25, -0.2) is 9.18 Å². The molecule has 0 amide bonds. The monoisotopic (exact) mass is 284 g/mol. The van der Waals surface area contributed by atoms with Crippen LogP contribution in [0.25, 0.3) is 0 Å². The van der Waals surface area contributed by atoms with Crippen LogP contribution in [0.3, 0.4) is 0 Å². The van der Waals surface area contributed by atoms with Crippen LogP contribution in [0, 0.1) is 5.92 Å². The number of hydrogen-bond donors (Lipinski definition) is 1. The molecular weight excluding hydrogens is 271 g/mol. The van der Waals surface area contributed by atoms with Crippen molar-refractivity contribution >= 4 is 12.6 Å². The number of halogens is 1. The summed E-state index contributed by atoms with van der Waals surface area (Å²) in [5, 5.41) is 0. The van der Waals surface area contributed by atoms with Gasteiger partial charge in [0.2, 0.25) is 0 Å². The number of aromatic amines is 1. The van der Waals surface area contributed by atoms with Crippen LogP contribution in [0.5, 0.6) is 0 Å². The first-order valence-corrected chi connectivity index (χ1v) is 5.96. The third kappa shape index (κ3) is 2.22. The Hall–Kier alpha value is -2.09. The van der Waals surface area contributed by atoms with Gasteiger partial charge < -0.3 is 14.3 Å². The Balaban J connectivity index is 2.46. The van der Waals surface area contributed by atoms with Gasteiger partial charge in [0.05, 0.1) is 12.0 Å². The highest BCUT2D eigenvalue weighted by atomic mass is 19.1. The van der Waals surface area contributed by atoms with E-state index >= 15 is 0 Å². The van der Waals surface area contributed by atoms with Crippen molar-refractivity contribution in [1.82, 2.24) is 9.55 Å². The first-order chi connectivity index (χ1) is 9.41. The summed E-state index contributed by atoms with van der Waals surface area (Å²) in [5.74, 6) is -1.17. The molecule has 1 fully saturated rings. The van der Waals surface area contributed by atoms with Gasteiger partial charge in [-0.2, -0.15) is 0 Å². The average molecular weight is 284 g/mol. The zero-order valence-corrected chi connectivity index (χ0v) is 10.6. The van der Waals surface area contributed by atoms with Crippen molar-refractivity contribution < 1.29 is 18.7 Å². The highest BCUT2D eigenvalue weighted by Crippen LogP contribution is 2.44. The summed E-state index contributed by atoms with van der Waals surface area (Å²) < 4.78 is 21.0. The van der Waals surface area contributed by atoms with Crippen molar-refractivity contribution in [1.29, 1.82) is 0 Å². The van der Waals surface area contributed by atoms with E-state index in [2.05, 4.69) is 0 Å². The number of hydrogen-bond acceptors (Lipinski definition) is 5. The summed E-state index contributed by atoms with van der Waals surface area (Å²) in [4.78, 5) is 46.3. The van der Waals surface area contributed by atoms with E-state index in [0.29, 0.717) is 12.6 Å². The zero-order valence-electron chi connectivity index (χ0n) is 10.6. The molecule has 1 N–H and O–H groups in total. The minimum atomic E-state index is -2.17. The first-order valence-electron chi connectivity index (χ1n) is 5.96. The highest BCUT2D eigenvalue weighted by Gasteiger charge is 2.55. The molecule has 7 nitrogen and oxygen atoms in total. The number of rotatable bonds is 4. The van der Waals surface area contributed by atoms with Crippen LogP contribution in [-0.2, 0) is 14.3 Å². The minimum Gasteiger partial charge on any atom is -0.350 e. The molecule has 1 aliphatic rings. The Bertz CT molecular complexity index is 635. The van der Waals surface area contributed by atoms with Gasteiger partial charge in [0, 0.05) is 18.7 Å². The standard InChI is InChI=1S/C12H13FN2O5/c1-12(13)7(6-17)8(3-5-16)20-10(12)15-4-2-9(18)14-11(15)19/h2,4-8,10H,3H2,1H3,(H,14,18,19)/t7-,8-,10-,12-/m1/s1. The highest BCUT2D eigenvalue weighted by molar-refractivity contribution is 5.60. The zero-order chi connectivity index (χ0) is 14.9. The van der Waals surface area contributed by atoms with Gasteiger partial charge in [-0.3, -0.25) is 14.3 Å². The van der Waals surface area contributed by atoms with E-state index in [4.69, 9.17) is 4.74 Å². The van der Waals surface area contributed by atoms with E-state index in [-0.39, 0.29) is 6.42 Å². The van der Waals surface area contributed by atoms with Crippen LogP contribution >= 0.6 is 0 Å². The molecule has 2 rings (SSSR count).